The summed E-state index contributed by atoms with van der Waals surface area (Å²) in [6.07, 6.45) is 1.11. The van der Waals surface area contributed by atoms with Gasteiger partial charge in [-0.3, -0.25) is 0 Å². The molecule has 0 aliphatic rings. The average Bonchev–Trinajstić information content (AvgIpc) is 2.58. The minimum absolute atomic E-state index is 0.493. The van der Waals surface area contributed by atoms with Crippen molar-refractivity contribution in [3.05, 3.63) is 57.6 Å². The third kappa shape index (κ3) is 5.25. The van der Waals surface area contributed by atoms with Gasteiger partial charge in [-0.25, -0.2) is 0 Å². The van der Waals surface area contributed by atoms with E-state index in [1.165, 1.54) is 11.1 Å². The highest BCUT2D eigenvalue weighted by Gasteiger charge is 2.12. The maximum Gasteiger partial charge on any atom is 0.175 e. The predicted octanol–water partition coefficient (Wildman–Crippen LogP) is 5.23. The summed E-state index contributed by atoms with van der Waals surface area (Å²) < 4.78 is 12.5. The number of benzene rings is 2. The summed E-state index contributed by atoms with van der Waals surface area (Å²) in [4.78, 5) is 0. The second-order valence-electron chi connectivity index (χ2n) is 6.08. The van der Waals surface area contributed by atoms with Gasteiger partial charge in [0.15, 0.2) is 11.5 Å². The van der Waals surface area contributed by atoms with Crippen molar-refractivity contribution in [3.63, 3.8) is 0 Å². The molecule has 130 valence electrons. The summed E-state index contributed by atoms with van der Waals surface area (Å²) in [6.45, 7) is 7.77. The van der Waals surface area contributed by atoms with Crippen LogP contribution in [0.4, 0.5) is 0 Å². The maximum absolute atomic E-state index is 6.01. The van der Waals surface area contributed by atoms with Crippen molar-refractivity contribution >= 4 is 15.9 Å². The average molecular weight is 392 g/mol. The van der Waals surface area contributed by atoms with E-state index in [0.29, 0.717) is 12.6 Å². The molecule has 24 heavy (non-hydrogen) atoms. The van der Waals surface area contributed by atoms with Crippen molar-refractivity contribution in [1.29, 1.82) is 0 Å². The van der Waals surface area contributed by atoms with E-state index in [4.69, 9.17) is 9.47 Å². The Bertz CT molecular complexity index is 673. The first-order chi connectivity index (χ1) is 11.5. The topological polar surface area (TPSA) is 30.5 Å². The molecule has 0 unspecified atom stereocenters. The zero-order chi connectivity index (χ0) is 17.5. The van der Waals surface area contributed by atoms with Crippen LogP contribution in [0.5, 0.6) is 11.5 Å². The Kier molecular flexibility index (Phi) is 7.13. The highest BCUT2D eigenvalue weighted by atomic mass is 79.9. The smallest absolute Gasteiger partial charge is 0.175 e. The van der Waals surface area contributed by atoms with Crippen molar-refractivity contribution in [2.75, 3.05) is 7.11 Å². The molecular formula is C20H26BrNO2. The fourth-order valence-corrected chi connectivity index (χ4v) is 3.01. The summed E-state index contributed by atoms with van der Waals surface area (Å²) in [6, 6.07) is 12.9. The molecule has 4 heteroatoms. The van der Waals surface area contributed by atoms with Gasteiger partial charge in [-0.1, -0.05) is 36.8 Å². The zero-order valence-electron chi connectivity index (χ0n) is 14.9. The standard InChI is InChI=1S/C20H26BrNO2/c1-5-15(3)22-12-17-10-18(21)20(19(11-17)23-4)24-13-16-8-6-7-14(2)9-16/h6-11,15,22H,5,12-13H2,1-4H3/t15-/m1/s1. The molecule has 2 rings (SSSR count). The van der Waals surface area contributed by atoms with Gasteiger partial charge in [0.1, 0.15) is 6.61 Å². The maximum atomic E-state index is 6.01. The largest absolute Gasteiger partial charge is 0.493 e. The van der Waals surface area contributed by atoms with Crippen LogP contribution in [0.2, 0.25) is 0 Å². The molecule has 1 atom stereocenters. The minimum Gasteiger partial charge on any atom is -0.493 e. The van der Waals surface area contributed by atoms with E-state index in [1.54, 1.807) is 7.11 Å². The van der Waals surface area contributed by atoms with Crippen LogP contribution in [-0.2, 0) is 13.2 Å². The Labute approximate surface area is 153 Å². The number of methoxy groups -OCH3 is 1. The van der Waals surface area contributed by atoms with Gasteiger partial charge in [-0.2, -0.15) is 0 Å². The molecular weight excluding hydrogens is 366 g/mol. The van der Waals surface area contributed by atoms with Gasteiger partial charge in [0.05, 0.1) is 11.6 Å². The molecule has 0 aliphatic carbocycles. The summed E-state index contributed by atoms with van der Waals surface area (Å²) in [5, 5.41) is 3.49. The van der Waals surface area contributed by atoms with E-state index in [1.807, 2.05) is 12.1 Å². The molecule has 0 spiro atoms. The van der Waals surface area contributed by atoms with Gasteiger partial charge in [-0.05, 0) is 59.5 Å². The van der Waals surface area contributed by atoms with Crippen molar-refractivity contribution in [1.82, 2.24) is 5.32 Å². The van der Waals surface area contributed by atoms with Gasteiger partial charge >= 0.3 is 0 Å². The van der Waals surface area contributed by atoms with E-state index < -0.39 is 0 Å². The number of hydrogen-bond donors (Lipinski definition) is 1. The Morgan fingerprint density at radius 3 is 2.62 bits per heavy atom. The van der Waals surface area contributed by atoms with Gasteiger partial charge in [-0.15, -0.1) is 0 Å². The lowest BCUT2D eigenvalue weighted by atomic mass is 10.1. The van der Waals surface area contributed by atoms with Crippen LogP contribution in [0.25, 0.3) is 0 Å². The van der Waals surface area contributed by atoms with E-state index >= 15 is 0 Å². The lowest BCUT2D eigenvalue weighted by Crippen LogP contribution is -2.24. The van der Waals surface area contributed by atoms with Crippen molar-refractivity contribution < 1.29 is 9.47 Å². The number of ether oxygens (including phenoxy) is 2. The van der Waals surface area contributed by atoms with Gasteiger partial charge < -0.3 is 14.8 Å². The van der Waals surface area contributed by atoms with Crippen molar-refractivity contribution in [2.45, 2.75) is 46.4 Å². The number of nitrogens with one attached hydrogen (secondary N) is 1. The van der Waals surface area contributed by atoms with E-state index in [9.17, 15) is 0 Å². The first kappa shape index (κ1) is 18.8. The normalized spacial score (nSPS) is 12.0. The Hall–Kier alpha value is -1.52. The van der Waals surface area contributed by atoms with Gasteiger partial charge in [0, 0.05) is 12.6 Å². The fraction of sp³-hybridized carbons (Fsp3) is 0.400. The second-order valence-corrected chi connectivity index (χ2v) is 6.93. The number of rotatable bonds is 8. The van der Waals surface area contributed by atoms with Crippen LogP contribution in [0.3, 0.4) is 0 Å². The van der Waals surface area contributed by atoms with E-state index in [0.717, 1.165) is 34.5 Å². The van der Waals surface area contributed by atoms with Crippen LogP contribution in [-0.4, -0.2) is 13.2 Å². The van der Waals surface area contributed by atoms with Crippen LogP contribution >= 0.6 is 15.9 Å². The molecule has 0 fully saturated rings. The Morgan fingerprint density at radius 2 is 1.96 bits per heavy atom. The number of halogens is 1. The van der Waals surface area contributed by atoms with Crippen LogP contribution in [0, 0.1) is 6.92 Å². The zero-order valence-corrected chi connectivity index (χ0v) is 16.4. The highest BCUT2D eigenvalue weighted by molar-refractivity contribution is 9.10. The Balaban J connectivity index is 2.11. The molecule has 0 heterocycles. The summed E-state index contributed by atoms with van der Waals surface area (Å²) >= 11 is 3.62. The second kappa shape index (κ2) is 9.09. The van der Waals surface area contributed by atoms with Gasteiger partial charge in [0.2, 0.25) is 0 Å². The summed E-state index contributed by atoms with van der Waals surface area (Å²) in [5.41, 5.74) is 3.54. The molecule has 2 aromatic rings. The molecule has 0 radical (unpaired) electrons. The van der Waals surface area contributed by atoms with Crippen molar-refractivity contribution in [2.24, 2.45) is 0 Å². The molecule has 0 saturated heterocycles. The van der Waals surface area contributed by atoms with Crippen LogP contribution < -0.4 is 14.8 Å². The monoisotopic (exact) mass is 391 g/mol. The highest BCUT2D eigenvalue weighted by Crippen LogP contribution is 2.37. The van der Waals surface area contributed by atoms with Crippen LogP contribution in [0.1, 0.15) is 37.0 Å². The molecule has 0 amide bonds. The quantitative estimate of drug-likeness (QED) is 0.667. The summed E-state index contributed by atoms with van der Waals surface area (Å²) in [7, 11) is 1.67. The van der Waals surface area contributed by atoms with E-state index in [-0.39, 0.29) is 0 Å². The van der Waals surface area contributed by atoms with Crippen molar-refractivity contribution in [3.8, 4) is 11.5 Å². The summed E-state index contributed by atoms with van der Waals surface area (Å²) in [5.74, 6) is 1.49. The predicted molar refractivity (Wildman–Crippen MR) is 103 cm³/mol. The lowest BCUT2D eigenvalue weighted by Gasteiger charge is -2.16. The molecule has 0 saturated carbocycles. The minimum atomic E-state index is 0.493. The first-order valence-corrected chi connectivity index (χ1v) is 9.11. The third-order valence-corrected chi connectivity index (χ3v) is 4.61. The molecule has 1 N–H and O–H groups in total. The number of hydrogen-bond acceptors (Lipinski definition) is 3. The lowest BCUT2D eigenvalue weighted by molar-refractivity contribution is 0.282. The molecule has 2 aromatic carbocycles. The molecule has 0 bridgehead atoms. The van der Waals surface area contributed by atoms with Crippen LogP contribution in [0.15, 0.2) is 40.9 Å². The molecule has 3 nitrogen and oxygen atoms in total. The fourth-order valence-electron chi connectivity index (χ4n) is 2.41. The van der Waals surface area contributed by atoms with E-state index in [2.05, 4.69) is 66.3 Å². The third-order valence-electron chi connectivity index (χ3n) is 4.02. The molecule has 0 aromatic heterocycles. The number of aryl methyl sites for hydroxylation is 1. The SMILES string of the molecule is CC[C@@H](C)NCc1cc(Br)c(OCc2cccc(C)c2)c(OC)c1. The molecule has 0 aliphatic heterocycles. The van der Waals surface area contributed by atoms with Gasteiger partial charge in [0.25, 0.3) is 0 Å². The Morgan fingerprint density at radius 1 is 1.17 bits per heavy atom. The first-order valence-electron chi connectivity index (χ1n) is 8.31.